The number of benzene rings is 12. The number of nitrogens with zero attached hydrogens (tertiary/aromatic N) is 2. The summed E-state index contributed by atoms with van der Waals surface area (Å²) < 4.78 is 9.12. The van der Waals surface area contributed by atoms with E-state index in [1.165, 1.54) is 65.6 Å². The van der Waals surface area contributed by atoms with Crippen molar-refractivity contribution in [3.8, 4) is 50.2 Å². The van der Waals surface area contributed by atoms with Crippen molar-refractivity contribution in [2.75, 3.05) is 4.90 Å². The van der Waals surface area contributed by atoms with E-state index in [0.29, 0.717) is 0 Å². The smallest absolute Gasteiger partial charge is 0.143 e. The third kappa shape index (κ3) is 6.74. The normalized spacial score (nSPS) is 11.7. The lowest BCUT2D eigenvalue weighted by molar-refractivity contribution is 0.670. The third-order valence-electron chi connectivity index (χ3n) is 14.4. The predicted molar refractivity (Wildman–Crippen MR) is 299 cm³/mol. The Morgan fingerprint density at radius 3 is 1.68 bits per heavy atom. The van der Waals surface area contributed by atoms with Gasteiger partial charge in [-0.05, 0) is 110 Å². The van der Waals surface area contributed by atoms with E-state index in [4.69, 9.17) is 4.42 Å². The molecule has 2 aromatic heterocycles. The number of hydrogen-bond donors (Lipinski definition) is 0. The Morgan fingerprint density at radius 2 is 0.859 bits per heavy atom. The molecular weight excluding hydrogens is 861 g/mol. The fraction of sp³-hybridized carbons (Fsp3) is 0. The first-order valence-corrected chi connectivity index (χ1v) is 24.3. The standard InChI is InChI=1S/C68H44N2O/c1-2-20-52-45(17-1)35-36-49-43-48(39-42-54(49)52)47-18-15-19-51(44-47)69(63-30-10-8-26-59(63)61-28-16-29-62-60-27-9-14-34-67(60)71-68(61)62)50-40-37-46(38-41-50)53-21-3-4-22-55(53)56-23-5-11-31-64(56)70-65-32-12-6-24-57(65)58-25-7-13-33-66(58)70/h1-44H. The number of anilines is 3. The minimum atomic E-state index is 0.881. The third-order valence-corrected chi connectivity index (χ3v) is 14.4. The van der Waals surface area contributed by atoms with Crippen molar-refractivity contribution in [2.24, 2.45) is 0 Å². The van der Waals surface area contributed by atoms with Crippen molar-refractivity contribution in [3.63, 3.8) is 0 Å². The summed E-state index contributed by atoms with van der Waals surface area (Å²) in [4.78, 5) is 2.40. The number of furan rings is 1. The molecule has 0 spiro atoms. The topological polar surface area (TPSA) is 21.3 Å². The average Bonchev–Trinajstić information content (AvgIpc) is 4.00. The van der Waals surface area contributed by atoms with E-state index in [0.717, 1.165) is 66.9 Å². The fourth-order valence-corrected chi connectivity index (χ4v) is 11.1. The molecule has 0 unspecified atom stereocenters. The molecule has 71 heavy (non-hydrogen) atoms. The molecule has 2 heterocycles. The summed E-state index contributed by atoms with van der Waals surface area (Å²) in [6.07, 6.45) is 0. The van der Waals surface area contributed by atoms with Gasteiger partial charge in [-0.15, -0.1) is 0 Å². The quantitative estimate of drug-likeness (QED) is 0.142. The lowest BCUT2D eigenvalue weighted by Crippen LogP contribution is -2.11. The zero-order valence-corrected chi connectivity index (χ0v) is 38.7. The van der Waals surface area contributed by atoms with Crippen LogP contribution in [0.1, 0.15) is 0 Å². The number of aromatic nitrogens is 1. The molecule has 0 saturated carbocycles. The molecular formula is C68H44N2O. The second-order valence-electron chi connectivity index (χ2n) is 18.4. The first-order chi connectivity index (χ1) is 35.2. The van der Waals surface area contributed by atoms with Crippen molar-refractivity contribution >= 4 is 82.4 Å². The Morgan fingerprint density at radius 1 is 0.296 bits per heavy atom. The molecule has 3 heteroatoms. The van der Waals surface area contributed by atoms with Crippen LogP contribution in [0.5, 0.6) is 0 Å². The average molecular weight is 905 g/mol. The summed E-state index contributed by atoms with van der Waals surface area (Å²) in [6, 6.07) is 96.7. The molecule has 0 aliphatic heterocycles. The predicted octanol–water partition coefficient (Wildman–Crippen LogP) is 19.1. The van der Waals surface area contributed by atoms with Gasteiger partial charge in [-0.1, -0.05) is 206 Å². The Bertz CT molecular complexity index is 4310. The summed E-state index contributed by atoms with van der Waals surface area (Å²) in [5.41, 5.74) is 17.5. The zero-order chi connectivity index (χ0) is 46.8. The molecule has 0 aliphatic rings. The lowest BCUT2D eigenvalue weighted by Gasteiger charge is -2.28. The minimum Gasteiger partial charge on any atom is -0.455 e. The van der Waals surface area contributed by atoms with Crippen molar-refractivity contribution < 1.29 is 4.42 Å². The van der Waals surface area contributed by atoms with E-state index in [9.17, 15) is 0 Å². The summed E-state index contributed by atoms with van der Waals surface area (Å²) in [6.45, 7) is 0. The molecule has 0 fully saturated rings. The second kappa shape index (κ2) is 16.7. The van der Waals surface area contributed by atoms with Gasteiger partial charge in [-0.25, -0.2) is 0 Å². The van der Waals surface area contributed by atoms with Crippen LogP contribution in [-0.4, -0.2) is 4.57 Å². The Balaban J connectivity index is 0.919. The highest BCUT2D eigenvalue weighted by molar-refractivity contribution is 6.12. The van der Waals surface area contributed by atoms with Crippen LogP contribution in [0.4, 0.5) is 17.1 Å². The molecule has 0 bridgehead atoms. The SMILES string of the molecule is c1cc(-c2ccc3c(ccc4ccccc43)c2)cc(N(c2ccc(-c3ccccc3-c3ccccc3-n3c4ccccc4c4ccccc43)cc2)c2ccccc2-c2cccc3c2oc2ccccc23)c1. The van der Waals surface area contributed by atoms with Gasteiger partial charge in [0.2, 0.25) is 0 Å². The van der Waals surface area contributed by atoms with Crippen molar-refractivity contribution in [1.29, 1.82) is 0 Å². The maximum Gasteiger partial charge on any atom is 0.143 e. The van der Waals surface area contributed by atoms with E-state index in [2.05, 4.69) is 270 Å². The van der Waals surface area contributed by atoms with E-state index < -0.39 is 0 Å². The van der Waals surface area contributed by atoms with Crippen LogP contribution in [0, 0.1) is 0 Å². The number of fused-ring (bicyclic) bond motifs is 9. The van der Waals surface area contributed by atoms with Crippen LogP contribution in [0.15, 0.2) is 271 Å². The Labute approximate surface area is 411 Å². The molecule has 0 saturated heterocycles. The highest BCUT2D eigenvalue weighted by atomic mass is 16.3. The van der Waals surface area contributed by atoms with Gasteiger partial charge in [0.1, 0.15) is 11.2 Å². The zero-order valence-electron chi connectivity index (χ0n) is 38.7. The highest BCUT2D eigenvalue weighted by Gasteiger charge is 2.22. The van der Waals surface area contributed by atoms with Crippen LogP contribution < -0.4 is 4.90 Å². The van der Waals surface area contributed by atoms with Crippen LogP contribution in [-0.2, 0) is 0 Å². The number of rotatable bonds is 8. The van der Waals surface area contributed by atoms with Gasteiger partial charge >= 0.3 is 0 Å². The van der Waals surface area contributed by atoms with Crippen molar-refractivity contribution in [1.82, 2.24) is 4.57 Å². The van der Waals surface area contributed by atoms with Crippen molar-refractivity contribution in [3.05, 3.63) is 267 Å². The molecule has 14 aromatic rings. The van der Waals surface area contributed by atoms with Gasteiger partial charge in [0, 0.05) is 49.6 Å². The summed E-state index contributed by atoms with van der Waals surface area (Å²) >= 11 is 0. The van der Waals surface area contributed by atoms with Gasteiger partial charge in [0.15, 0.2) is 0 Å². The molecule has 0 radical (unpaired) electrons. The highest BCUT2D eigenvalue weighted by Crippen LogP contribution is 2.46. The maximum atomic E-state index is 6.69. The van der Waals surface area contributed by atoms with Crippen molar-refractivity contribution in [2.45, 2.75) is 0 Å². The molecule has 0 amide bonds. The molecule has 332 valence electrons. The van der Waals surface area contributed by atoms with E-state index >= 15 is 0 Å². The molecule has 12 aromatic carbocycles. The largest absolute Gasteiger partial charge is 0.455 e. The van der Waals surface area contributed by atoms with E-state index in [1.807, 2.05) is 6.07 Å². The van der Waals surface area contributed by atoms with Crippen LogP contribution in [0.3, 0.4) is 0 Å². The molecule has 14 rings (SSSR count). The van der Waals surface area contributed by atoms with Gasteiger partial charge in [-0.2, -0.15) is 0 Å². The van der Waals surface area contributed by atoms with Crippen LogP contribution in [0.25, 0.3) is 115 Å². The van der Waals surface area contributed by atoms with Crippen LogP contribution >= 0.6 is 0 Å². The molecule has 0 aliphatic carbocycles. The summed E-state index contributed by atoms with van der Waals surface area (Å²) in [5, 5.41) is 9.72. The Kier molecular flexibility index (Phi) is 9.53. The second-order valence-corrected chi connectivity index (χ2v) is 18.4. The first-order valence-electron chi connectivity index (χ1n) is 24.3. The molecule has 3 nitrogen and oxygen atoms in total. The monoisotopic (exact) mass is 904 g/mol. The maximum absolute atomic E-state index is 6.69. The van der Waals surface area contributed by atoms with Crippen LogP contribution in [0.2, 0.25) is 0 Å². The molecule has 0 atom stereocenters. The fourth-order valence-electron chi connectivity index (χ4n) is 11.1. The Hall–Kier alpha value is -9.44. The lowest BCUT2D eigenvalue weighted by atomic mass is 9.93. The molecule has 0 N–H and O–H groups in total. The van der Waals surface area contributed by atoms with E-state index in [-0.39, 0.29) is 0 Å². The summed E-state index contributed by atoms with van der Waals surface area (Å²) in [5.74, 6) is 0. The van der Waals surface area contributed by atoms with Gasteiger partial charge < -0.3 is 13.9 Å². The van der Waals surface area contributed by atoms with E-state index in [1.54, 1.807) is 0 Å². The number of hydrogen-bond acceptors (Lipinski definition) is 2. The van der Waals surface area contributed by atoms with Gasteiger partial charge in [0.05, 0.1) is 22.4 Å². The number of para-hydroxylation sites is 6. The van der Waals surface area contributed by atoms with Gasteiger partial charge in [-0.3, -0.25) is 0 Å². The summed E-state index contributed by atoms with van der Waals surface area (Å²) in [7, 11) is 0. The van der Waals surface area contributed by atoms with Gasteiger partial charge in [0.25, 0.3) is 0 Å². The minimum absolute atomic E-state index is 0.881. The first kappa shape index (κ1) is 40.6.